The van der Waals surface area contributed by atoms with Gasteiger partial charge in [0.2, 0.25) is 0 Å². The van der Waals surface area contributed by atoms with Gasteiger partial charge in [-0.05, 0) is 19.8 Å². The molecule has 1 heterocycles. The average Bonchev–Trinajstić information content (AvgIpc) is 2.57. The van der Waals surface area contributed by atoms with Crippen molar-refractivity contribution in [2.75, 3.05) is 6.61 Å². The molecule has 0 radical (unpaired) electrons. The predicted molar refractivity (Wildman–Crippen MR) is 46.1 cm³/mol. The summed E-state index contributed by atoms with van der Waals surface area (Å²) in [6, 6.07) is 1.80. The van der Waals surface area contributed by atoms with Crippen LogP contribution in [0.2, 0.25) is 0 Å². The zero-order valence-corrected chi connectivity index (χ0v) is 7.66. The van der Waals surface area contributed by atoms with Crippen molar-refractivity contribution >= 4 is 5.97 Å². The number of carbonyl (C=O) groups is 1. The number of nitrogens with zero attached hydrogens (tertiary/aromatic N) is 1. The van der Waals surface area contributed by atoms with Crippen LogP contribution < -0.4 is 0 Å². The number of hydrogen-bond acceptors (Lipinski definition) is 4. The Balaban J connectivity index is 2.11. The summed E-state index contributed by atoms with van der Waals surface area (Å²) >= 11 is 0. The van der Waals surface area contributed by atoms with Crippen molar-refractivity contribution in [1.29, 1.82) is 0 Å². The lowest BCUT2D eigenvalue weighted by molar-refractivity contribution is -0.143. The Kier molecular flexibility index (Phi) is 4.02. The van der Waals surface area contributed by atoms with E-state index in [-0.39, 0.29) is 5.97 Å². The second-order valence-electron chi connectivity index (χ2n) is 2.65. The molecule has 0 aromatic carbocycles. The first kappa shape index (κ1) is 9.77. The van der Waals surface area contributed by atoms with Gasteiger partial charge in [-0.1, -0.05) is 5.16 Å². The SMILES string of the molecule is CCOC(=O)CCCc1ccon1. The minimum absolute atomic E-state index is 0.147. The number of ether oxygens (including phenoxy) is 1. The lowest BCUT2D eigenvalue weighted by Crippen LogP contribution is -2.03. The highest BCUT2D eigenvalue weighted by Crippen LogP contribution is 2.02. The molecule has 0 bridgehead atoms. The molecule has 0 aliphatic heterocycles. The Morgan fingerprint density at radius 3 is 3.15 bits per heavy atom. The van der Waals surface area contributed by atoms with E-state index in [0.29, 0.717) is 13.0 Å². The number of aryl methyl sites for hydroxylation is 1. The molecule has 0 N–H and O–H groups in total. The molecule has 0 aliphatic carbocycles. The van der Waals surface area contributed by atoms with Crippen LogP contribution in [0, 0.1) is 0 Å². The highest BCUT2D eigenvalue weighted by Gasteiger charge is 2.02. The van der Waals surface area contributed by atoms with Gasteiger partial charge in [0, 0.05) is 12.5 Å². The maximum Gasteiger partial charge on any atom is 0.305 e. The highest BCUT2D eigenvalue weighted by molar-refractivity contribution is 5.69. The van der Waals surface area contributed by atoms with E-state index >= 15 is 0 Å². The smallest absolute Gasteiger partial charge is 0.305 e. The molecular formula is C9H13NO3. The normalized spacial score (nSPS) is 9.92. The Labute approximate surface area is 76.9 Å². The van der Waals surface area contributed by atoms with Crippen LogP contribution in [0.25, 0.3) is 0 Å². The van der Waals surface area contributed by atoms with Crippen molar-refractivity contribution in [1.82, 2.24) is 5.16 Å². The minimum Gasteiger partial charge on any atom is -0.466 e. The summed E-state index contributed by atoms with van der Waals surface area (Å²) in [6.45, 7) is 2.25. The molecular weight excluding hydrogens is 170 g/mol. The maximum absolute atomic E-state index is 10.9. The van der Waals surface area contributed by atoms with E-state index in [1.807, 2.05) is 0 Å². The first-order valence-electron chi connectivity index (χ1n) is 4.38. The zero-order chi connectivity index (χ0) is 9.52. The highest BCUT2D eigenvalue weighted by atomic mass is 16.5. The summed E-state index contributed by atoms with van der Waals surface area (Å²) in [5, 5.41) is 3.73. The van der Waals surface area contributed by atoms with Gasteiger partial charge in [0.05, 0.1) is 12.3 Å². The molecule has 0 fully saturated rings. The fourth-order valence-electron chi connectivity index (χ4n) is 1.01. The van der Waals surface area contributed by atoms with Crippen LogP contribution in [-0.4, -0.2) is 17.7 Å². The van der Waals surface area contributed by atoms with E-state index in [2.05, 4.69) is 9.68 Å². The molecule has 0 unspecified atom stereocenters. The molecule has 1 aromatic heterocycles. The predicted octanol–water partition coefficient (Wildman–Crippen LogP) is 1.56. The van der Waals surface area contributed by atoms with Crippen molar-refractivity contribution < 1.29 is 14.1 Å². The van der Waals surface area contributed by atoms with Gasteiger partial charge in [0.1, 0.15) is 6.26 Å². The third-order valence-corrected chi connectivity index (χ3v) is 1.61. The topological polar surface area (TPSA) is 52.3 Å². The Bertz CT molecular complexity index is 243. The van der Waals surface area contributed by atoms with Gasteiger partial charge >= 0.3 is 5.97 Å². The van der Waals surface area contributed by atoms with Crippen LogP contribution in [0.15, 0.2) is 16.9 Å². The minimum atomic E-state index is -0.147. The second kappa shape index (κ2) is 5.35. The number of hydrogen-bond donors (Lipinski definition) is 0. The van der Waals surface area contributed by atoms with Crippen LogP contribution in [0.4, 0.5) is 0 Å². The third-order valence-electron chi connectivity index (χ3n) is 1.61. The molecule has 4 nitrogen and oxygen atoms in total. The molecule has 1 rings (SSSR count). The summed E-state index contributed by atoms with van der Waals surface area (Å²) in [5.41, 5.74) is 0.879. The molecule has 0 saturated carbocycles. The van der Waals surface area contributed by atoms with E-state index in [4.69, 9.17) is 4.74 Å². The Hall–Kier alpha value is -1.32. The summed E-state index contributed by atoms with van der Waals surface area (Å²) in [5.74, 6) is -0.147. The number of esters is 1. The van der Waals surface area contributed by atoms with Crippen molar-refractivity contribution in [3.05, 3.63) is 18.0 Å². The van der Waals surface area contributed by atoms with Gasteiger partial charge in [-0.25, -0.2) is 0 Å². The van der Waals surface area contributed by atoms with E-state index in [1.54, 1.807) is 13.0 Å². The van der Waals surface area contributed by atoms with E-state index in [9.17, 15) is 4.79 Å². The van der Waals surface area contributed by atoms with Gasteiger partial charge in [0.25, 0.3) is 0 Å². The lowest BCUT2D eigenvalue weighted by Gasteiger charge is -1.99. The summed E-state index contributed by atoms with van der Waals surface area (Å²) in [7, 11) is 0. The van der Waals surface area contributed by atoms with Gasteiger partial charge < -0.3 is 9.26 Å². The van der Waals surface area contributed by atoms with Crippen LogP contribution in [-0.2, 0) is 16.0 Å². The molecule has 0 atom stereocenters. The maximum atomic E-state index is 10.9. The van der Waals surface area contributed by atoms with Crippen molar-refractivity contribution in [3.63, 3.8) is 0 Å². The molecule has 1 aromatic rings. The number of carbonyl (C=O) groups excluding carboxylic acids is 1. The molecule has 0 amide bonds. The molecule has 0 spiro atoms. The third kappa shape index (κ3) is 3.73. The molecule has 13 heavy (non-hydrogen) atoms. The van der Waals surface area contributed by atoms with E-state index < -0.39 is 0 Å². The Morgan fingerprint density at radius 2 is 2.54 bits per heavy atom. The van der Waals surface area contributed by atoms with Crippen molar-refractivity contribution in [2.24, 2.45) is 0 Å². The van der Waals surface area contributed by atoms with Gasteiger partial charge in [0.15, 0.2) is 0 Å². The molecule has 4 heteroatoms. The van der Waals surface area contributed by atoms with Gasteiger partial charge in [-0.2, -0.15) is 0 Å². The largest absolute Gasteiger partial charge is 0.466 e. The Morgan fingerprint density at radius 1 is 1.69 bits per heavy atom. The first-order chi connectivity index (χ1) is 6.33. The zero-order valence-electron chi connectivity index (χ0n) is 7.66. The second-order valence-corrected chi connectivity index (χ2v) is 2.65. The van der Waals surface area contributed by atoms with Crippen LogP contribution in [0.5, 0.6) is 0 Å². The fraction of sp³-hybridized carbons (Fsp3) is 0.556. The standard InChI is InChI=1S/C9H13NO3/c1-2-12-9(11)5-3-4-8-6-7-13-10-8/h6-7H,2-5H2,1H3. The van der Waals surface area contributed by atoms with E-state index in [1.165, 1.54) is 6.26 Å². The molecule has 72 valence electrons. The monoisotopic (exact) mass is 183 g/mol. The lowest BCUT2D eigenvalue weighted by atomic mass is 10.2. The number of aromatic nitrogens is 1. The number of rotatable bonds is 5. The van der Waals surface area contributed by atoms with Crippen molar-refractivity contribution in [2.45, 2.75) is 26.2 Å². The summed E-state index contributed by atoms with van der Waals surface area (Å²) in [6.07, 6.45) is 3.49. The summed E-state index contributed by atoms with van der Waals surface area (Å²) in [4.78, 5) is 10.9. The van der Waals surface area contributed by atoms with Crippen molar-refractivity contribution in [3.8, 4) is 0 Å². The first-order valence-corrected chi connectivity index (χ1v) is 4.38. The molecule has 0 aliphatic rings. The average molecular weight is 183 g/mol. The van der Waals surface area contributed by atoms with Gasteiger partial charge in [-0.3, -0.25) is 4.79 Å². The van der Waals surface area contributed by atoms with E-state index in [0.717, 1.165) is 18.5 Å². The summed E-state index contributed by atoms with van der Waals surface area (Å²) < 4.78 is 9.43. The van der Waals surface area contributed by atoms with Gasteiger partial charge in [-0.15, -0.1) is 0 Å². The van der Waals surface area contributed by atoms with Crippen LogP contribution in [0.3, 0.4) is 0 Å². The quantitative estimate of drug-likeness (QED) is 0.650. The van der Waals surface area contributed by atoms with Crippen LogP contribution in [0.1, 0.15) is 25.5 Å². The van der Waals surface area contributed by atoms with Crippen LogP contribution >= 0.6 is 0 Å². The molecule has 0 saturated heterocycles. The fourth-order valence-corrected chi connectivity index (χ4v) is 1.01.